The lowest BCUT2D eigenvalue weighted by atomic mass is 10.1. The molecule has 0 aliphatic heterocycles. The van der Waals surface area contributed by atoms with Gasteiger partial charge < -0.3 is 15.4 Å². The molecule has 0 saturated carbocycles. The molecule has 8 heteroatoms. The van der Waals surface area contributed by atoms with Crippen LogP contribution in [0.5, 0.6) is 0 Å². The van der Waals surface area contributed by atoms with Crippen molar-refractivity contribution in [2.24, 2.45) is 0 Å². The zero-order valence-corrected chi connectivity index (χ0v) is 15.0. The Hall–Kier alpha value is -3.37. The largest absolute Gasteiger partial charge is 0.454 e. The van der Waals surface area contributed by atoms with Crippen molar-refractivity contribution in [2.75, 3.05) is 18.5 Å². The maximum absolute atomic E-state index is 11.8. The van der Waals surface area contributed by atoms with Gasteiger partial charge in [-0.25, -0.2) is 0 Å². The first-order valence-corrected chi connectivity index (χ1v) is 8.31. The Kier molecular flexibility index (Phi) is 7.35. The molecule has 2 aromatic rings. The molecule has 0 aromatic heterocycles. The summed E-state index contributed by atoms with van der Waals surface area (Å²) in [6.07, 6.45) is 0.139. The topological polar surface area (TPSA) is 108 Å². The predicted molar refractivity (Wildman–Crippen MR) is 98.9 cm³/mol. The van der Waals surface area contributed by atoms with Gasteiger partial charge in [-0.3, -0.25) is 14.4 Å². The summed E-state index contributed by atoms with van der Waals surface area (Å²) < 4.78 is 4.80. The molecule has 0 aliphatic carbocycles. The minimum absolute atomic E-state index is 0.139. The monoisotopic (exact) mass is 385 g/mol. The van der Waals surface area contributed by atoms with Gasteiger partial charge >= 0.3 is 5.97 Å². The number of benzene rings is 2. The van der Waals surface area contributed by atoms with E-state index in [1.807, 2.05) is 24.3 Å². The molecule has 0 unspecified atom stereocenters. The Labute approximate surface area is 160 Å². The van der Waals surface area contributed by atoms with Gasteiger partial charge in [-0.15, -0.1) is 0 Å². The molecule has 0 spiro atoms. The molecular weight excluding hydrogens is 370 g/mol. The van der Waals surface area contributed by atoms with Gasteiger partial charge in [0.2, 0.25) is 5.91 Å². The number of amides is 2. The van der Waals surface area contributed by atoms with E-state index in [-0.39, 0.29) is 30.1 Å². The van der Waals surface area contributed by atoms with E-state index in [1.165, 1.54) is 18.2 Å². The van der Waals surface area contributed by atoms with Crippen LogP contribution in [0.4, 0.5) is 5.69 Å². The first kappa shape index (κ1) is 19.9. The number of halogens is 1. The molecule has 138 valence electrons. The number of ether oxygens (including phenoxy) is 1. The quantitative estimate of drug-likeness (QED) is 0.709. The fourth-order valence-corrected chi connectivity index (χ4v) is 2.29. The smallest absolute Gasteiger partial charge is 0.325 e. The molecule has 27 heavy (non-hydrogen) atoms. The summed E-state index contributed by atoms with van der Waals surface area (Å²) in [5.74, 6) is -1.71. The van der Waals surface area contributed by atoms with Gasteiger partial charge in [0.15, 0.2) is 6.61 Å². The third-order valence-corrected chi connectivity index (χ3v) is 3.61. The summed E-state index contributed by atoms with van der Waals surface area (Å²) in [5.41, 5.74) is 1.27. The van der Waals surface area contributed by atoms with E-state index >= 15 is 0 Å². The van der Waals surface area contributed by atoms with Crippen LogP contribution in [0.25, 0.3) is 0 Å². The van der Waals surface area contributed by atoms with Crippen LogP contribution in [-0.2, 0) is 25.5 Å². The van der Waals surface area contributed by atoms with Crippen LogP contribution in [0.15, 0.2) is 48.5 Å². The number of hydrogen-bond acceptors (Lipinski definition) is 5. The van der Waals surface area contributed by atoms with Gasteiger partial charge in [0, 0.05) is 5.02 Å². The SMILES string of the molecule is N#Cc1ccc(Cl)cc1NC(=O)COC(=O)CNC(=O)Cc1ccccc1. The fourth-order valence-electron chi connectivity index (χ4n) is 2.12. The highest BCUT2D eigenvalue weighted by molar-refractivity contribution is 6.31. The van der Waals surface area contributed by atoms with Crippen molar-refractivity contribution in [2.45, 2.75) is 6.42 Å². The molecule has 0 heterocycles. The third-order valence-electron chi connectivity index (χ3n) is 3.38. The predicted octanol–water partition coefficient (Wildman–Crippen LogP) is 2.05. The third kappa shape index (κ3) is 6.80. The minimum Gasteiger partial charge on any atom is -0.454 e. The van der Waals surface area contributed by atoms with E-state index in [4.69, 9.17) is 21.6 Å². The lowest BCUT2D eigenvalue weighted by Crippen LogP contribution is -2.33. The molecule has 2 N–H and O–H groups in total. The van der Waals surface area contributed by atoms with Crippen LogP contribution in [0.1, 0.15) is 11.1 Å². The number of rotatable bonds is 7. The highest BCUT2D eigenvalue weighted by Crippen LogP contribution is 2.20. The summed E-state index contributed by atoms with van der Waals surface area (Å²) in [5, 5.41) is 14.2. The second-order valence-corrected chi connectivity index (χ2v) is 5.89. The molecule has 0 atom stereocenters. The van der Waals surface area contributed by atoms with E-state index in [9.17, 15) is 14.4 Å². The standard InChI is InChI=1S/C19H16ClN3O4/c20-15-7-6-14(10-21)16(9-15)23-18(25)12-27-19(26)11-22-17(24)8-13-4-2-1-3-5-13/h1-7,9H,8,11-12H2,(H,22,24)(H,23,25). The summed E-state index contributed by atoms with van der Waals surface area (Å²) in [6.45, 7) is -0.898. The molecule has 0 saturated heterocycles. The van der Waals surface area contributed by atoms with Crippen molar-refractivity contribution < 1.29 is 19.1 Å². The van der Waals surface area contributed by atoms with Gasteiger partial charge in [-0.1, -0.05) is 41.9 Å². The molecule has 7 nitrogen and oxygen atoms in total. The number of nitriles is 1. The average molecular weight is 386 g/mol. The number of anilines is 1. The van der Waals surface area contributed by atoms with Crippen molar-refractivity contribution in [3.05, 3.63) is 64.7 Å². The maximum Gasteiger partial charge on any atom is 0.325 e. The van der Waals surface area contributed by atoms with Gasteiger partial charge in [-0.2, -0.15) is 5.26 Å². The number of nitrogens with zero attached hydrogens (tertiary/aromatic N) is 1. The van der Waals surface area contributed by atoms with Crippen molar-refractivity contribution in [1.82, 2.24) is 5.32 Å². The van der Waals surface area contributed by atoms with E-state index < -0.39 is 18.5 Å². The van der Waals surface area contributed by atoms with Crippen LogP contribution >= 0.6 is 11.6 Å². The molecule has 0 fully saturated rings. The van der Waals surface area contributed by atoms with Crippen LogP contribution in [0.2, 0.25) is 5.02 Å². The molecule has 0 aliphatic rings. The van der Waals surface area contributed by atoms with Crippen LogP contribution in [-0.4, -0.2) is 30.9 Å². The van der Waals surface area contributed by atoms with Gasteiger partial charge in [0.05, 0.1) is 17.7 Å². The van der Waals surface area contributed by atoms with Gasteiger partial charge in [0.1, 0.15) is 12.6 Å². The van der Waals surface area contributed by atoms with E-state index in [1.54, 1.807) is 12.1 Å². The van der Waals surface area contributed by atoms with Crippen LogP contribution < -0.4 is 10.6 Å². The van der Waals surface area contributed by atoms with E-state index in [0.29, 0.717) is 5.02 Å². The number of carbonyl (C=O) groups is 3. The lowest BCUT2D eigenvalue weighted by molar-refractivity contribution is -0.147. The highest BCUT2D eigenvalue weighted by Gasteiger charge is 2.12. The van der Waals surface area contributed by atoms with E-state index in [0.717, 1.165) is 5.56 Å². The maximum atomic E-state index is 11.8. The summed E-state index contributed by atoms with van der Waals surface area (Å²) in [7, 11) is 0. The molecular formula is C19H16ClN3O4. The van der Waals surface area contributed by atoms with Gasteiger partial charge in [-0.05, 0) is 23.8 Å². The number of hydrogen-bond donors (Lipinski definition) is 2. The molecule has 2 rings (SSSR count). The Morgan fingerprint density at radius 2 is 1.81 bits per heavy atom. The molecule has 2 aromatic carbocycles. The van der Waals surface area contributed by atoms with Crippen LogP contribution in [0, 0.1) is 11.3 Å². The zero-order valence-electron chi connectivity index (χ0n) is 14.2. The number of nitrogens with one attached hydrogen (secondary N) is 2. The van der Waals surface area contributed by atoms with Crippen molar-refractivity contribution in [3.63, 3.8) is 0 Å². The Bertz CT molecular complexity index is 878. The van der Waals surface area contributed by atoms with Crippen molar-refractivity contribution in [1.29, 1.82) is 5.26 Å². The fraction of sp³-hybridized carbons (Fsp3) is 0.158. The first-order valence-electron chi connectivity index (χ1n) is 7.93. The highest BCUT2D eigenvalue weighted by atomic mass is 35.5. The second kappa shape index (κ2) is 9.94. The summed E-state index contributed by atoms with van der Waals surface area (Å²) in [6, 6.07) is 15.4. The number of esters is 1. The Morgan fingerprint density at radius 1 is 1.07 bits per heavy atom. The Balaban J connectivity index is 1.74. The second-order valence-electron chi connectivity index (χ2n) is 5.45. The lowest BCUT2D eigenvalue weighted by Gasteiger charge is -2.09. The normalized spacial score (nSPS) is 9.78. The average Bonchev–Trinajstić information content (AvgIpc) is 2.66. The van der Waals surface area contributed by atoms with E-state index in [2.05, 4.69) is 10.6 Å². The Morgan fingerprint density at radius 3 is 2.52 bits per heavy atom. The van der Waals surface area contributed by atoms with Crippen molar-refractivity contribution in [3.8, 4) is 6.07 Å². The van der Waals surface area contributed by atoms with Gasteiger partial charge in [0.25, 0.3) is 5.91 Å². The van der Waals surface area contributed by atoms with Crippen molar-refractivity contribution >= 4 is 35.1 Å². The summed E-state index contributed by atoms with van der Waals surface area (Å²) in [4.78, 5) is 35.2. The number of carbonyl (C=O) groups excluding carboxylic acids is 3. The van der Waals surface area contributed by atoms with Crippen LogP contribution in [0.3, 0.4) is 0 Å². The molecule has 2 amide bonds. The summed E-state index contributed by atoms with van der Waals surface area (Å²) >= 11 is 5.83. The first-order chi connectivity index (χ1) is 13.0. The minimum atomic E-state index is -0.752. The molecule has 0 bridgehead atoms. The molecule has 0 radical (unpaired) electrons. The zero-order chi connectivity index (χ0) is 19.6.